The Labute approximate surface area is 158 Å². The highest BCUT2D eigenvalue weighted by Gasteiger charge is 2.13. The van der Waals surface area contributed by atoms with Crippen LogP contribution in [0.2, 0.25) is 0 Å². The van der Waals surface area contributed by atoms with Crippen molar-refractivity contribution in [2.24, 2.45) is 0 Å². The normalized spacial score (nSPS) is 14.0. The van der Waals surface area contributed by atoms with E-state index in [9.17, 15) is 14.0 Å². The van der Waals surface area contributed by atoms with Crippen LogP contribution in [-0.4, -0.2) is 44.5 Å². The second-order valence-corrected chi connectivity index (χ2v) is 6.47. The molecule has 142 valence electrons. The molecule has 1 saturated heterocycles. The van der Waals surface area contributed by atoms with Crippen LogP contribution in [0.15, 0.2) is 48.5 Å². The molecule has 0 radical (unpaired) electrons. The summed E-state index contributed by atoms with van der Waals surface area (Å²) >= 11 is 0. The second kappa shape index (κ2) is 9.28. The Hall–Kier alpha value is -2.73. The number of anilines is 1. The quantitative estimate of drug-likeness (QED) is 0.761. The van der Waals surface area contributed by atoms with Crippen LogP contribution in [0.5, 0.6) is 0 Å². The number of morpholine rings is 1. The molecule has 0 aliphatic carbocycles. The maximum Gasteiger partial charge on any atom is 0.220 e. The number of amides is 1. The summed E-state index contributed by atoms with van der Waals surface area (Å²) in [5.41, 5.74) is 2.53. The first-order chi connectivity index (χ1) is 13.1. The Kier molecular flexibility index (Phi) is 6.54. The highest BCUT2D eigenvalue weighted by atomic mass is 19.1. The topological polar surface area (TPSA) is 58.6 Å². The van der Waals surface area contributed by atoms with E-state index in [4.69, 9.17) is 4.74 Å². The molecule has 1 fully saturated rings. The van der Waals surface area contributed by atoms with Gasteiger partial charge in [-0.2, -0.15) is 0 Å². The van der Waals surface area contributed by atoms with E-state index in [2.05, 4.69) is 10.2 Å². The van der Waals surface area contributed by atoms with Crippen molar-refractivity contribution < 1.29 is 18.7 Å². The number of aryl methyl sites for hydroxylation is 1. The van der Waals surface area contributed by atoms with Gasteiger partial charge in [0.2, 0.25) is 5.91 Å². The smallest absolute Gasteiger partial charge is 0.220 e. The Balaban J connectivity index is 1.44. The molecule has 5 nitrogen and oxygen atoms in total. The molecule has 1 aliphatic heterocycles. The summed E-state index contributed by atoms with van der Waals surface area (Å²) in [6, 6.07) is 13.5. The highest BCUT2D eigenvalue weighted by molar-refractivity contribution is 5.99. The fraction of sp³-hybridized carbons (Fsp3) is 0.333. The zero-order chi connectivity index (χ0) is 19.1. The van der Waals surface area contributed by atoms with Gasteiger partial charge >= 0.3 is 0 Å². The van der Waals surface area contributed by atoms with Crippen LogP contribution in [0.3, 0.4) is 0 Å². The van der Waals surface area contributed by atoms with E-state index < -0.39 is 0 Å². The van der Waals surface area contributed by atoms with Crippen molar-refractivity contribution >= 4 is 17.4 Å². The summed E-state index contributed by atoms with van der Waals surface area (Å²) in [7, 11) is 0. The molecule has 0 spiro atoms. The number of hydrogen-bond acceptors (Lipinski definition) is 4. The molecule has 3 rings (SSSR count). The number of nitrogens with one attached hydrogen (secondary N) is 1. The fourth-order valence-electron chi connectivity index (χ4n) is 2.96. The summed E-state index contributed by atoms with van der Waals surface area (Å²) in [5, 5.41) is 2.65. The Bertz CT molecular complexity index is 769. The lowest BCUT2D eigenvalue weighted by atomic mass is 10.1. The molecule has 27 heavy (non-hydrogen) atoms. The third kappa shape index (κ3) is 5.62. The summed E-state index contributed by atoms with van der Waals surface area (Å²) in [4.78, 5) is 26.4. The highest BCUT2D eigenvalue weighted by Crippen LogP contribution is 2.16. The van der Waals surface area contributed by atoms with Gasteiger partial charge in [0, 0.05) is 30.8 Å². The molecular weight excluding hydrogens is 347 g/mol. The van der Waals surface area contributed by atoms with Crippen LogP contribution in [0.1, 0.15) is 22.3 Å². The molecular formula is C21H23FN2O3. The van der Waals surface area contributed by atoms with Crippen molar-refractivity contribution in [1.29, 1.82) is 0 Å². The number of carbonyl (C=O) groups is 2. The fourth-order valence-corrected chi connectivity index (χ4v) is 2.96. The largest absolute Gasteiger partial charge is 0.378 e. The number of nitrogens with zero attached hydrogens (tertiary/aromatic N) is 1. The number of Topliss-reactive ketones (excluding diaryl/α,β-unsaturated/α-hetero) is 1. The number of ketones is 1. The molecule has 1 heterocycles. The molecule has 1 amide bonds. The number of benzene rings is 2. The van der Waals surface area contributed by atoms with Crippen LogP contribution < -0.4 is 10.2 Å². The van der Waals surface area contributed by atoms with Crippen molar-refractivity contribution in [2.45, 2.75) is 12.8 Å². The molecule has 0 aromatic heterocycles. The number of carbonyl (C=O) groups excluding carboxylic acids is 2. The first-order valence-corrected chi connectivity index (χ1v) is 9.09. The van der Waals surface area contributed by atoms with Gasteiger partial charge in [-0.3, -0.25) is 9.59 Å². The van der Waals surface area contributed by atoms with E-state index >= 15 is 0 Å². The SMILES string of the molecule is O=C(CCc1ccc(F)cc1)NCC(=O)c1ccc(N2CCOCC2)cc1. The lowest BCUT2D eigenvalue weighted by Crippen LogP contribution is -2.36. The van der Waals surface area contributed by atoms with Crippen molar-refractivity contribution in [3.05, 3.63) is 65.5 Å². The van der Waals surface area contributed by atoms with Crippen LogP contribution in [0, 0.1) is 5.82 Å². The van der Waals surface area contributed by atoms with Gasteiger partial charge < -0.3 is 15.0 Å². The zero-order valence-electron chi connectivity index (χ0n) is 15.1. The first-order valence-electron chi connectivity index (χ1n) is 9.09. The molecule has 0 saturated carbocycles. The standard InChI is InChI=1S/C21H23FN2O3/c22-18-6-1-16(2-7-18)3-10-21(26)23-15-20(25)17-4-8-19(9-5-17)24-11-13-27-14-12-24/h1-2,4-9H,3,10-15H2,(H,23,26). The molecule has 2 aromatic carbocycles. The summed E-state index contributed by atoms with van der Waals surface area (Å²) in [6.07, 6.45) is 0.767. The zero-order valence-corrected chi connectivity index (χ0v) is 15.1. The Morgan fingerprint density at radius 1 is 1.00 bits per heavy atom. The molecule has 0 atom stereocenters. The predicted molar refractivity (Wildman–Crippen MR) is 102 cm³/mol. The number of hydrogen-bond donors (Lipinski definition) is 1. The van der Waals surface area contributed by atoms with Crippen molar-refractivity contribution in [1.82, 2.24) is 5.32 Å². The van der Waals surface area contributed by atoms with Crippen molar-refractivity contribution in [2.75, 3.05) is 37.7 Å². The van der Waals surface area contributed by atoms with Crippen LogP contribution >= 0.6 is 0 Å². The maximum atomic E-state index is 12.9. The molecule has 1 N–H and O–H groups in total. The van der Waals surface area contributed by atoms with Gasteiger partial charge in [0.1, 0.15) is 5.82 Å². The van der Waals surface area contributed by atoms with Gasteiger partial charge in [-0.05, 0) is 48.4 Å². The average molecular weight is 370 g/mol. The molecule has 6 heteroatoms. The van der Waals surface area contributed by atoms with E-state index in [0.29, 0.717) is 25.2 Å². The number of rotatable bonds is 7. The van der Waals surface area contributed by atoms with Gasteiger partial charge in [0.15, 0.2) is 5.78 Å². The minimum absolute atomic E-state index is 0.0286. The third-order valence-electron chi connectivity index (χ3n) is 4.57. The lowest BCUT2D eigenvalue weighted by Gasteiger charge is -2.28. The monoisotopic (exact) mass is 370 g/mol. The van der Waals surface area contributed by atoms with E-state index in [1.165, 1.54) is 12.1 Å². The van der Waals surface area contributed by atoms with Crippen molar-refractivity contribution in [3.63, 3.8) is 0 Å². The summed E-state index contributed by atoms with van der Waals surface area (Å²) in [6.45, 7) is 3.09. The van der Waals surface area contributed by atoms with Gasteiger partial charge in [0.05, 0.1) is 19.8 Å². The van der Waals surface area contributed by atoms with E-state index in [0.717, 1.165) is 24.3 Å². The molecule has 0 bridgehead atoms. The predicted octanol–water partition coefficient (Wildman–Crippen LogP) is 2.59. The van der Waals surface area contributed by atoms with E-state index in [1.54, 1.807) is 24.3 Å². The minimum Gasteiger partial charge on any atom is -0.378 e. The number of halogens is 1. The van der Waals surface area contributed by atoms with Crippen LogP contribution in [0.25, 0.3) is 0 Å². The van der Waals surface area contributed by atoms with Crippen LogP contribution in [0.4, 0.5) is 10.1 Å². The molecule has 2 aromatic rings. The van der Waals surface area contributed by atoms with E-state index in [-0.39, 0.29) is 30.5 Å². The van der Waals surface area contributed by atoms with Gasteiger partial charge in [-0.1, -0.05) is 12.1 Å². The second-order valence-electron chi connectivity index (χ2n) is 6.47. The van der Waals surface area contributed by atoms with Gasteiger partial charge in [-0.15, -0.1) is 0 Å². The average Bonchev–Trinajstić information content (AvgIpc) is 2.72. The summed E-state index contributed by atoms with van der Waals surface area (Å²) < 4.78 is 18.2. The summed E-state index contributed by atoms with van der Waals surface area (Å²) in [5.74, 6) is -0.621. The first kappa shape index (κ1) is 19.0. The molecule has 1 aliphatic rings. The number of ether oxygens (including phenoxy) is 1. The van der Waals surface area contributed by atoms with Gasteiger partial charge in [-0.25, -0.2) is 4.39 Å². The Morgan fingerprint density at radius 2 is 1.67 bits per heavy atom. The molecule has 0 unspecified atom stereocenters. The maximum absolute atomic E-state index is 12.9. The third-order valence-corrected chi connectivity index (χ3v) is 4.57. The Morgan fingerprint density at radius 3 is 2.33 bits per heavy atom. The van der Waals surface area contributed by atoms with Crippen molar-refractivity contribution in [3.8, 4) is 0 Å². The van der Waals surface area contributed by atoms with E-state index in [1.807, 2.05) is 12.1 Å². The minimum atomic E-state index is -0.298. The van der Waals surface area contributed by atoms with Crippen LogP contribution in [-0.2, 0) is 16.0 Å². The lowest BCUT2D eigenvalue weighted by molar-refractivity contribution is -0.120. The van der Waals surface area contributed by atoms with Gasteiger partial charge in [0.25, 0.3) is 0 Å².